The first kappa shape index (κ1) is 17.1. The lowest BCUT2D eigenvalue weighted by atomic mass is 9.67. The summed E-state index contributed by atoms with van der Waals surface area (Å²) in [7, 11) is 0. The number of aromatic nitrogens is 2. The van der Waals surface area contributed by atoms with Crippen LogP contribution in [-0.2, 0) is 10.2 Å². The number of carbonyl (C=O) groups excluding carboxylic acids is 1. The van der Waals surface area contributed by atoms with E-state index in [1.807, 2.05) is 36.4 Å². The Morgan fingerprint density at radius 3 is 2.47 bits per heavy atom. The van der Waals surface area contributed by atoms with Crippen LogP contribution in [0.15, 0.2) is 64.2 Å². The van der Waals surface area contributed by atoms with Crippen molar-refractivity contribution in [1.29, 1.82) is 0 Å². The van der Waals surface area contributed by atoms with Gasteiger partial charge in [-0.1, -0.05) is 41.9 Å². The number of carbonyl (C=O) groups is 1. The molecule has 30 heavy (non-hydrogen) atoms. The third-order valence-corrected chi connectivity index (χ3v) is 6.09. The molecule has 6 rings (SSSR count). The number of hydrogen-bond acceptors (Lipinski definition) is 4. The normalized spacial score (nSPS) is 18.5. The predicted molar refractivity (Wildman–Crippen MR) is 115 cm³/mol. The van der Waals surface area contributed by atoms with E-state index in [9.17, 15) is 14.4 Å². The molecular weight excluding hydrogens is 404 g/mol. The highest BCUT2D eigenvalue weighted by Crippen LogP contribution is 2.55. The number of amides is 1. The van der Waals surface area contributed by atoms with Crippen molar-refractivity contribution in [2.75, 3.05) is 10.6 Å². The summed E-state index contributed by atoms with van der Waals surface area (Å²) >= 11 is 6.32. The van der Waals surface area contributed by atoms with Crippen molar-refractivity contribution in [2.45, 2.75) is 5.41 Å². The zero-order valence-corrected chi connectivity index (χ0v) is 16.1. The number of anilines is 3. The van der Waals surface area contributed by atoms with Crippen LogP contribution < -0.4 is 21.9 Å². The van der Waals surface area contributed by atoms with Gasteiger partial charge in [0.25, 0.3) is 5.56 Å². The van der Waals surface area contributed by atoms with Crippen molar-refractivity contribution in [1.82, 2.24) is 9.97 Å². The number of benzene rings is 3. The molecule has 4 aromatic rings. The van der Waals surface area contributed by atoms with Crippen molar-refractivity contribution < 1.29 is 4.79 Å². The van der Waals surface area contributed by atoms with E-state index >= 15 is 0 Å². The SMILES string of the molecule is O=C1Nc2ccc3ccccc3c2C12c1cc(Cl)ccc1Nc1[nH]c(=O)[nH]c(=O)c12. The summed E-state index contributed by atoms with van der Waals surface area (Å²) < 4.78 is 0. The average molecular weight is 417 g/mol. The first-order chi connectivity index (χ1) is 14.5. The van der Waals surface area contributed by atoms with Gasteiger partial charge in [-0.2, -0.15) is 0 Å². The Hall–Kier alpha value is -3.84. The number of aromatic amines is 2. The number of hydrogen-bond donors (Lipinski definition) is 4. The summed E-state index contributed by atoms with van der Waals surface area (Å²) in [4.78, 5) is 43.7. The summed E-state index contributed by atoms with van der Waals surface area (Å²) in [5.74, 6) is -0.188. The lowest BCUT2D eigenvalue weighted by molar-refractivity contribution is -0.118. The van der Waals surface area contributed by atoms with Crippen molar-refractivity contribution in [3.63, 3.8) is 0 Å². The Bertz CT molecular complexity index is 1540. The maximum atomic E-state index is 13.7. The molecule has 8 heteroatoms. The molecule has 3 heterocycles. The molecule has 7 nitrogen and oxygen atoms in total. The molecular formula is C22H13ClN4O3. The molecule has 0 saturated carbocycles. The topological polar surface area (TPSA) is 107 Å². The fraction of sp³-hybridized carbons (Fsp3) is 0.0455. The number of rotatable bonds is 0. The summed E-state index contributed by atoms with van der Waals surface area (Å²) in [6.07, 6.45) is 0. The van der Waals surface area contributed by atoms with E-state index in [-0.39, 0.29) is 17.3 Å². The fourth-order valence-corrected chi connectivity index (χ4v) is 4.92. The van der Waals surface area contributed by atoms with Gasteiger partial charge < -0.3 is 10.6 Å². The molecule has 0 radical (unpaired) electrons. The number of H-pyrrole nitrogens is 2. The zero-order chi connectivity index (χ0) is 20.6. The highest BCUT2D eigenvalue weighted by Gasteiger charge is 2.56. The van der Waals surface area contributed by atoms with E-state index in [2.05, 4.69) is 20.6 Å². The first-order valence-electron chi connectivity index (χ1n) is 9.28. The van der Waals surface area contributed by atoms with Crippen LogP contribution in [0.2, 0.25) is 5.02 Å². The van der Waals surface area contributed by atoms with Gasteiger partial charge in [0, 0.05) is 27.5 Å². The van der Waals surface area contributed by atoms with Gasteiger partial charge in [-0.3, -0.25) is 19.6 Å². The zero-order valence-electron chi connectivity index (χ0n) is 15.3. The van der Waals surface area contributed by atoms with Gasteiger partial charge in [-0.25, -0.2) is 4.79 Å². The van der Waals surface area contributed by atoms with Gasteiger partial charge in [0.05, 0.1) is 5.56 Å². The smallest absolute Gasteiger partial charge is 0.327 e. The minimum Gasteiger partial charge on any atom is -0.341 e. The van der Waals surface area contributed by atoms with Crippen LogP contribution >= 0.6 is 11.6 Å². The Balaban J connectivity index is 1.89. The lowest BCUT2D eigenvalue weighted by Crippen LogP contribution is -2.46. The molecule has 1 aromatic heterocycles. The molecule has 0 saturated heterocycles. The molecule has 3 aromatic carbocycles. The Kier molecular flexibility index (Phi) is 3.19. The second kappa shape index (κ2) is 5.61. The third kappa shape index (κ3) is 1.97. The second-order valence-electron chi connectivity index (χ2n) is 7.39. The van der Waals surface area contributed by atoms with Crippen LogP contribution in [0, 0.1) is 0 Å². The van der Waals surface area contributed by atoms with E-state index in [0.29, 0.717) is 27.5 Å². The van der Waals surface area contributed by atoms with E-state index in [1.165, 1.54) is 0 Å². The monoisotopic (exact) mass is 416 g/mol. The number of fused-ring (bicyclic) bond motifs is 8. The lowest BCUT2D eigenvalue weighted by Gasteiger charge is -2.36. The van der Waals surface area contributed by atoms with Crippen LogP contribution in [-0.4, -0.2) is 15.9 Å². The van der Waals surface area contributed by atoms with Crippen LogP contribution in [0.5, 0.6) is 0 Å². The Labute approximate surface area is 173 Å². The summed E-state index contributed by atoms with van der Waals surface area (Å²) in [6.45, 7) is 0. The molecule has 2 aliphatic rings. The standard InChI is InChI=1S/C22H13ClN4O3/c23-11-6-8-14-13(9-11)22(17-18(24-14)26-21(30)27-19(17)28)16-12-4-2-1-3-10(12)5-7-15(16)25-20(22)29/h1-9H,(H,25,29)(H3,24,26,27,28,30). The van der Waals surface area contributed by atoms with Crippen molar-refractivity contribution in [3.8, 4) is 0 Å². The number of nitrogens with one attached hydrogen (secondary N) is 4. The fourth-order valence-electron chi connectivity index (χ4n) is 4.75. The molecule has 2 aliphatic heterocycles. The van der Waals surface area contributed by atoms with Gasteiger partial charge in [0.15, 0.2) is 0 Å². The van der Waals surface area contributed by atoms with Crippen LogP contribution in [0.4, 0.5) is 17.2 Å². The molecule has 1 amide bonds. The van der Waals surface area contributed by atoms with Gasteiger partial charge in [-0.05, 0) is 35.0 Å². The largest absolute Gasteiger partial charge is 0.341 e. The minimum atomic E-state index is -1.48. The van der Waals surface area contributed by atoms with E-state index in [1.54, 1.807) is 18.2 Å². The molecule has 0 fully saturated rings. The average Bonchev–Trinajstić information content (AvgIpc) is 3.01. The molecule has 4 N–H and O–H groups in total. The second-order valence-corrected chi connectivity index (χ2v) is 7.82. The number of halogens is 1. The van der Waals surface area contributed by atoms with E-state index < -0.39 is 16.7 Å². The molecule has 0 bridgehead atoms. The van der Waals surface area contributed by atoms with Gasteiger partial charge >= 0.3 is 5.69 Å². The van der Waals surface area contributed by atoms with Gasteiger partial charge in [0.2, 0.25) is 5.91 Å². The first-order valence-corrected chi connectivity index (χ1v) is 9.66. The quantitative estimate of drug-likeness (QED) is 0.353. The van der Waals surface area contributed by atoms with E-state index in [0.717, 1.165) is 10.8 Å². The predicted octanol–water partition coefficient (Wildman–Crippen LogP) is 3.21. The summed E-state index contributed by atoms with van der Waals surface area (Å²) in [5.41, 5.74) is -0.230. The Morgan fingerprint density at radius 2 is 1.60 bits per heavy atom. The van der Waals surface area contributed by atoms with Gasteiger partial charge in [0.1, 0.15) is 11.2 Å². The Morgan fingerprint density at radius 1 is 0.800 bits per heavy atom. The maximum absolute atomic E-state index is 13.7. The highest BCUT2D eigenvalue weighted by molar-refractivity contribution is 6.31. The molecule has 0 aliphatic carbocycles. The third-order valence-electron chi connectivity index (χ3n) is 5.86. The highest BCUT2D eigenvalue weighted by atomic mass is 35.5. The molecule has 1 spiro atoms. The van der Waals surface area contributed by atoms with Crippen LogP contribution in [0.3, 0.4) is 0 Å². The van der Waals surface area contributed by atoms with Crippen molar-refractivity contribution in [3.05, 3.63) is 97.1 Å². The minimum absolute atomic E-state index is 0.129. The van der Waals surface area contributed by atoms with Crippen molar-refractivity contribution in [2.24, 2.45) is 0 Å². The molecule has 1 atom stereocenters. The van der Waals surface area contributed by atoms with Crippen molar-refractivity contribution >= 4 is 45.5 Å². The van der Waals surface area contributed by atoms with Crippen LogP contribution in [0.1, 0.15) is 16.7 Å². The maximum Gasteiger partial charge on any atom is 0.327 e. The summed E-state index contributed by atoms with van der Waals surface area (Å²) in [5, 5.41) is 8.21. The van der Waals surface area contributed by atoms with Gasteiger partial charge in [-0.15, -0.1) is 0 Å². The molecule has 146 valence electrons. The van der Waals surface area contributed by atoms with Crippen LogP contribution in [0.25, 0.3) is 10.8 Å². The molecule has 1 unspecified atom stereocenters. The summed E-state index contributed by atoms with van der Waals surface area (Å²) in [6, 6.07) is 16.5. The van der Waals surface area contributed by atoms with E-state index in [4.69, 9.17) is 11.6 Å².